The first-order chi connectivity index (χ1) is 15.4. The maximum Gasteiger partial charge on any atom is 0.315 e. The number of para-hydroxylation sites is 1. The van der Waals surface area contributed by atoms with E-state index in [1.165, 1.54) is 6.42 Å². The summed E-state index contributed by atoms with van der Waals surface area (Å²) in [6.07, 6.45) is 5.89. The minimum atomic E-state index is -0.341. The number of benzene rings is 1. The molecule has 0 atom stereocenters. The zero-order valence-corrected chi connectivity index (χ0v) is 19.3. The SMILES string of the molecule is COCCc1nc2c(N)nc3ccccc3c2n1CC1(NC(=O)NC(C)C)CCCCC1. The molecule has 0 spiro atoms. The first kappa shape index (κ1) is 22.3. The van der Waals surface area contributed by atoms with Gasteiger partial charge in [0.15, 0.2) is 5.82 Å². The fourth-order valence-corrected chi connectivity index (χ4v) is 4.85. The van der Waals surface area contributed by atoms with Crippen LogP contribution in [0, 0.1) is 0 Å². The molecule has 0 bridgehead atoms. The van der Waals surface area contributed by atoms with Gasteiger partial charge in [0.25, 0.3) is 0 Å². The fourth-order valence-electron chi connectivity index (χ4n) is 4.85. The van der Waals surface area contributed by atoms with Crippen molar-refractivity contribution in [3.63, 3.8) is 0 Å². The van der Waals surface area contributed by atoms with Crippen molar-refractivity contribution in [1.82, 2.24) is 25.2 Å². The van der Waals surface area contributed by atoms with E-state index in [1.54, 1.807) is 7.11 Å². The highest BCUT2D eigenvalue weighted by Gasteiger charge is 2.36. The van der Waals surface area contributed by atoms with Crippen LogP contribution in [-0.4, -0.2) is 45.9 Å². The van der Waals surface area contributed by atoms with Gasteiger partial charge >= 0.3 is 6.03 Å². The zero-order chi connectivity index (χ0) is 22.7. The summed E-state index contributed by atoms with van der Waals surface area (Å²) >= 11 is 0. The molecule has 0 aliphatic heterocycles. The van der Waals surface area contributed by atoms with Gasteiger partial charge < -0.3 is 25.7 Å². The van der Waals surface area contributed by atoms with Crippen LogP contribution in [0.2, 0.25) is 0 Å². The lowest BCUT2D eigenvalue weighted by Crippen LogP contribution is -2.56. The van der Waals surface area contributed by atoms with E-state index in [4.69, 9.17) is 15.5 Å². The van der Waals surface area contributed by atoms with Crippen molar-refractivity contribution in [2.75, 3.05) is 19.5 Å². The number of fused-ring (bicyclic) bond motifs is 3. The van der Waals surface area contributed by atoms with E-state index in [1.807, 2.05) is 32.0 Å². The highest BCUT2D eigenvalue weighted by atomic mass is 16.5. The van der Waals surface area contributed by atoms with Crippen LogP contribution in [-0.2, 0) is 17.7 Å². The van der Waals surface area contributed by atoms with Gasteiger partial charge in [-0.15, -0.1) is 0 Å². The predicted octanol–water partition coefficient (Wildman–Crippen LogP) is 3.77. The number of nitrogen functional groups attached to an aromatic ring is 1. The number of carbonyl (C=O) groups excluding carboxylic acids is 1. The summed E-state index contributed by atoms with van der Waals surface area (Å²) in [6, 6.07) is 7.98. The van der Waals surface area contributed by atoms with Crippen molar-refractivity contribution in [2.45, 2.75) is 70.5 Å². The lowest BCUT2D eigenvalue weighted by Gasteiger charge is -2.39. The summed E-state index contributed by atoms with van der Waals surface area (Å²) in [5, 5.41) is 7.35. The van der Waals surface area contributed by atoms with Crippen molar-refractivity contribution in [1.29, 1.82) is 0 Å². The van der Waals surface area contributed by atoms with Crippen LogP contribution < -0.4 is 16.4 Å². The summed E-state index contributed by atoms with van der Waals surface area (Å²) in [5.74, 6) is 1.34. The molecule has 2 amide bonds. The summed E-state index contributed by atoms with van der Waals surface area (Å²) in [4.78, 5) is 22.2. The van der Waals surface area contributed by atoms with Gasteiger partial charge in [0.05, 0.1) is 23.2 Å². The molecule has 1 saturated carbocycles. The molecule has 1 aromatic carbocycles. The third kappa shape index (κ3) is 4.50. The van der Waals surface area contributed by atoms with Crippen LogP contribution in [0.15, 0.2) is 24.3 Å². The summed E-state index contributed by atoms with van der Waals surface area (Å²) in [5.41, 5.74) is 8.54. The Hall–Kier alpha value is -2.87. The molecule has 4 rings (SSSR count). The molecule has 1 aliphatic carbocycles. The number of nitrogens with zero attached hydrogens (tertiary/aromatic N) is 3. The van der Waals surface area contributed by atoms with Crippen molar-refractivity contribution in [3.8, 4) is 0 Å². The molecule has 172 valence electrons. The van der Waals surface area contributed by atoms with Crippen molar-refractivity contribution >= 4 is 33.8 Å². The van der Waals surface area contributed by atoms with Crippen LogP contribution in [0.25, 0.3) is 21.9 Å². The number of urea groups is 1. The van der Waals surface area contributed by atoms with Crippen LogP contribution in [0.1, 0.15) is 51.8 Å². The first-order valence-electron chi connectivity index (χ1n) is 11.5. The molecule has 8 heteroatoms. The molecule has 2 heterocycles. The van der Waals surface area contributed by atoms with Gasteiger partial charge in [0.2, 0.25) is 0 Å². The second-order valence-corrected chi connectivity index (χ2v) is 9.16. The number of ether oxygens (including phenoxy) is 1. The zero-order valence-electron chi connectivity index (χ0n) is 19.3. The summed E-state index contributed by atoms with van der Waals surface area (Å²) in [7, 11) is 1.69. The van der Waals surface area contributed by atoms with Crippen LogP contribution in [0.3, 0.4) is 0 Å². The third-order valence-electron chi connectivity index (χ3n) is 6.29. The molecule has 0 radical (unpaired) electrons. The molecule has 1 aliphatic rings. The van der Waals surface area contributed by atoms with Crippen LogP contribution in [0.5, 0.6) is 0 Å². The van der Waals surface area contributed by atoms with E-state index >= 15 is 0 Å². The van der Waals surface area contributed by atoms with Gasteiger partial charge in [0, 0.05) is 31.5 Å². The van der Waals surface area contributed by atoms with Gasteiger partial charge in [-0.3, -0.25) is 0 Å². The number of carbonyl (C=O) groups is 1. The number of pyridine rings is 1. The monoisotopic (exact) mass is 438 g/mol. The molecule has 1 fully saturated rings. The third-order valence-corrected chi connectivity index (χ3v) is 6.29. The molecule has 3 aromatic rings. The molecular weight excluding hydrogens is 404 g/mol. The molecule has 2 aromatic heterocycles. The summed E-state index contributed by atoms with van der Waals surface area (Å²) < 4.78 is 7.60. The Morgan fingerprint density at radius 1 is 1.22 bits per heavy atom. The second kappa shape index (κ2) is 9.32. The van der Waals surface area contributed by atoms with Crippen molar-refractivity contribution < 1.29 is 9.53 Å². The Labute approximate surface area is 188 Å². The average molecular weight is 439 g/mol. The highest BCUT2D eigenvalue weighted by Crippen LogP contribution is 2.34. The lowest BCUT2D eigenvalue weighted by atomic mass is 9.81. The fraction of sp³-hybridized carbons (Fsp3) is 0.542. The van der Waals surface area contributed by atoms with Crippen molar-refractivity contribution in [2.24, 2.45) is 0 Å². The van der Waals surface area contributed by atoms with Gasteiger partial charge in [-0.2, -0.15) is 0 Å². The Morgan fingerprint density at radius 3 is 2.69 bits per heavy atom. The molecule has 4 N–H and O–H groups in total. The number of imidazole rings is 1. The Kier molecular flexibility index (Phi) is 6.50. The number of hydrogen-bond donors (Lipinski definition) is 3. The quantitative estimate of drug-likeness (QED) is 0.521. The van der Waals surface area contributed by atoms with E-state index in [0.29, 0.717) is 30.9 Å². The number of methoxy groups -OCH3 is 1. The van der Waals surface area contributed by atoms with Crippen molar-refractivity contribution in [3.05, 3.63) is 30.1 Å². The number of amides is 2. The van der Waals surface area contributed by atoms with E-state index < -0.39 is 0 Å². The molecular formula is C24H34N6O2. The topological polar surface area (TPSA) is 107 Å². The highest BCUT2D eigenvalue weighted by molar-refractivity contribution is 6.06. The smallest absolute Gasteiger partial charge is 0.315 e. The maximum atomic E-state index is 12.7. The molecule has 0 unspecified atom stereocenters. The summed E-state index contributed by atoms with van der Waals surface area (Å²) in [6.45, 7) is 5.15. The second-order valence-electron chi connectivity index (χ2n) is 9.16. The van der Waals surface area contributed by atoms with Crippen LogP contribution >= 0.6 is 0 Å². The van der Waals surface area contributed by atoms with Crippen LogP contribution in [0.4, 0.5) is 10.6 Å². The Balaban J connectivity index is 1.83. The number of hydrogen-bond acceptors (Lipinski definition) is 5. The van der Waals surface area contributed by atoms with Gasteiger partial charge in [0.1, 0.15) is 11.3 Å². The van der Waals surface area contributed by atoms with E-state index in [0.717, 1.165) is 47.9 Å². The maximum absolute atomic E-state index is 12.7. The molecule has 32 heavy (non-hydrogen) atoms. The average Bonchev–Trinajstić information content (AvgIpc) is 3.11. The Morgan fingerprint density at radius 2 is 1.97 bits per heavy atom. The predicted molar refractivity (Wildman–Crippen MR) is 128 cm³/mol. The standard InChI is InChI=1S/C24H34N6O2/c1-16(2)26-23(31)29-24(12-7-4-8-13-24)15-30-19(11-14-32-3)28-20-21(30)17-9-5-6-10-18(17)27-22(20)25/h5-6,9-10,16H,4,7-8,11-15H2,1-3H3,(H2,25,27)(H2,26,29,31). The van der Waals surface area contributed by atoms with E-state index in [-0.39, 0.29) is 17.6 Å². The number of anilines is 1. The normalized spacial score (nSPS) is 16.0. The number of rotatable bonds is 7. The van der Waals surface area contributed by atoms with Gasteiger partial charge in [-0.25, -0.2) is 14.8 Å². The van der Waals surface area contributed by atoms with E-state index in [9.17, 15) is 4.79 Å². The number of nitrogens with two attached hydrogens (primary N) is 1. The largest absolute Gasteiger partial charge is 0.384 e. The lowest BCUT2D eigenvalue weighted by molar-refractivity contribution is 0.182. The minimum Gasteiger partial charge on any atom is -0.384 e. The molecule has 0 saturated heterocycles. The number of nitrogens with one attached hydrogen (secondary N) is 2. The number of aromatic nitrogens is 3. The first-order valence-corrected chi connectivity index (χ1v) is 11.5. The van der Waals surface area contributed by atoms with E-state index in [2.05, 4.69) is 26.3 Å². The molecule has 8 nitrogen and oxygen atoms in total. The minimum absolute atomic E-state index is 0.0804. The van der Waals surface area contributed by atoms with Gasteiger partial charge in [-0.1, -0.05) is 37.5 Å². The van der Waals surface area contributed by atoms with Gasteiger partial charge in [-0.05, 0) is 32.8 Å². The Bertz CT molecular complexity index is 1100.